The summed E-state index contributed by atoms with van der Waals surface area (Å²) >= 11 is 5.85. The van der Waals surface area contributed by atoms with E-state index in [1.807, 2.05) is 0 Å². The average Bonchev–Trinajstić information content (AvgIpc) is 2.38. The van der Waals surface area contributed by atoms with Gasteiger partial charge < -0.3 is 5.73 Å². The summed E-state index contributed by atoms with van der Waals surface area (Å²) in [6.45, 7) is 0.258. The number of nitrogens with two attached hydrogens (primary N) is 1. The summed E-state index contributed by atoms with van der Waals surface area (Å²) in [6.07, 6.45) is 0. The van der Waals surface area contributed by atoms with Crippen molar-refractivity contribution >= 4 is 22.4 Å². The van der Waals surface area contributed by atoms with Crippen LogP contribution < -0.4 is 5.73 Å². The summed E-state index contributed by atoms with van der Waals surface area (Å²) in [6, 6.07) is 11.4. The average molecular weight is 298 g/mol. The van der Waals surface area contributed by atoms with Crippen molar-refractivity contribution in [3.8, 4) is 0 Å². The van der Waals surface area contributed by atoms with Gasteiger partial charge in [0.2, 0.25) is 0 Å². The molecule has 19 heavy (non-hydrogen) atoms. The molecule has 2 aromatic carbocycles. The van der Waals surface area contributed by atoms with Crippen molar-refractivity contribution in [3.05, 3.63) is 64.4 Å². The second-order valence-electron chi connectivity index (χ2n) is 4.12. The summed E-state index contributed by atoms with van der Waals surface area (Å²) in [4.78, 5) is 0.631. The summed E-state index contributed by atoms with van der Waals surface area (Å²) in [5.74, 6) is -0.119. The van der Waals surface area contributed by atoms with Crippen molar-refractivity contribution in [1.82, 2.24) is 0 Å². The van der Waals surface area contributed by atoms with Gasteiger partial charge in [-0.3, -0.25) is 4.21 Å². The van der Waals surface area contributed by atoms with E-state index in [1.165, 1.54) is 12.1 Å². The van der Waals surface area contributed by atoms with Crippen LogP contribution in [0, 0.1) is 5.82 Å². The highest BCUT2D eigenvalue weighted by Gasteiger charge is 2.08. The predicted octanol–water partition coefficient (Wildman–Crippen LogP) is 3.25. The molecule has 1 unspecified atom stereocenters. The SMILES string of the molecule is NCc1cc(F)cc(CS(=O)c2cccc(Cl)c2)c1. The fourth-order valence-corrected chi connectivity index (χ4v) is 3.14. The molecule has 2 N–H and O–H groups in total. The lowest BCUT2D eigenvalue weighted by atomic mass is 10.1. The van der Waals surface area contributed by atoms with Crippen LogP contribution >= 0.6 is 11.6 Å². The maximum atomic E-state index is 13.4. The molecule has 2 nitrogen and oxygen atoms in total. The third-order valence-electron chi connectivity index (χ3n) is 2.61. The molecule has 0 fully saturated rings. The van der Waals surface area contributed by atoms with E-state index in [0.717, 1.165) is 0 Å². The van der Waals surface area contributed by atoms with Crippen molar-refractivity contribution in [2.24, 2.45) is 5.73 Å². The van der Waals surface area contributed by atoms with Gasteiger partial charge in [0.1, 0.15) is 5.82 Å². The van der Waals surface area contributed by atoms with Crippen LogP contribution in [0.2, 0.25) is 5.02 Å². The number of halogens is 2. The van der Waals surface area contributed by atoms with E-state index in [-0.39, 0.29) is 18.1 Å². The third kappa shape index (κ3) is 3.86. The van der Waals surface area contributed by atoms with Gasteiger partial charge in [-0.2, -0.15) is 0 Å². The maximum absolute atomic E-state index is 13.4. The highest BCUT2D eigenvalue weighted by Crippen LogP contribution is 2.18. The number of hydrogen-bond acceptors (Lipinski definition) is 2. The molecule has 0 aliphatic rings. The minimum atomic E-state index is -1.26. The fourth-order valence-electron chi connectivity index (χ4n) is 1.76. The molecule has 0 spiro atoms. The lowest BCUT2D eigenvalue weighted by Gasteiger charge is -2.06. The molecule has 5 heteroatoms. The van der Waals surface area contributed by atoms with Crippen LogP contribution in [0.15, 0.2) is 47.4 Å². The van der Waals surface area contributed by atoms with Gasteiger partial charge in [0.25, 0.3) is 0 Å². The molecule has 0 saturated carbocycles. The van der Waals surface area contributed by atoms with Crippen LogP contribution in [0.1, 0.15) is 11.1 Å². The fraction of sp³-hybridized carbons (Fsp3) is 0.143. The van der Waals surface area contributed by atoms with Gasteiger partial charge in [0.15, 0.2) is 0 Å². The second kappa shape index (κ2) is 6.28. The van der Waals surface area contributed by atoms with Crippen LogP contribution in [0.5, 0.6) is 0 Å². The van der Waals surface area contributed by atoms with E-state index in [9.17, 15) is 8.60 Å². The third-order valence-corrected chi connectivity index (χ3v) is 4.22. The van der Waals surface area contributed by atoms with Gasteiger partial charge in [-0.25, -0.2) is 4.39 Å². The van der Waals surface area contributed by atoms with Gasteiger partial charge in [0, 0.05) is 16.5 Å². The first-order valence-electron chi connectivity index (χ1n) is 5.71. The smallest absolute Gasteiger partial charge is 0.123 e. The lowest BCUT2D eigenvalue weighted by Crippen LogP contribution is -2.01. The van der Waals surface area contributed by atoms with Crippen LogP contribution in [-0.2, 0) is 23.1 Å². The van der Waals surface area contributed by atoms with Crippen LogP contribution in [-0.4, -0.2) is 4.21 Å². The number of hydrogen-bond donors (Lipinski definition) is 1. The Hall–Kier alpha value is -1.23. The Morgan fingerprint density at radius 1 is 1.16 bits per heavy atom. The number of rotatable bonds is 4. The van der Waals surface area contributed by atoms with Gasteiger partial charge in [0.05, 0.1) is 16.6 Å². The summed E-state index contributed by atoms with van der Waals surface area (Å²) in [5, 5.41) is 0.535. The Labute approximate surface area is 118 Å². The Morgan fingerprint density at radius 2 is 1.89 bits per heavy atom. The first-order valence-corrected chi connectivity index (χ1v) is 7.40. The molecule has 2 aromatic rings. The van der Waals surface area contributed by atoms with Crippen molar-refractivity contribution in [2.75, 3.05) is 0 Å². The Bertz CT molecular complexity index is 618. The Balaban J connectivity index is 2.21. The topological polar surface area (TPSA) is 43.1 Å². The predicted molar refractivity (Wildman–Crippen MR) is 75.9 cm³/mol. The molecular formula is C14H13ClFNOS. The zero-order valence-corrected chi connectivity index (χ0v) is 11.7. The molecule has 0 amide bonds. The maximum Gasteiger partial charge on any atom is 0.123 e. The molecule has 0 bridgehead atoms. The van der Waals surface area contributed by atoms with Crippen LogP contribution in [0.4, 0.5) is 4.39 Å². The standard InChI is InChI=1S/C14H13ClFNOS/c15-12-2-1-3-14(7-12)19(18)9-11-4-10(8-17)5-13(16)6-11/h1-7H,8-9,17H2. The zero-order chi connectivity index (χ0) is 13.8. The summed E-state index contributed by atoms with van der Waals surface area (Å²) < 4.78 is 25.5. The normalized spacial score (nSPS) is 12.4. The molecule has 100 valence electrons. The largest absolute Gasteiger partial charge is 0.326 e. The second-order valence-corrected chi connectivity index (χ2v) is 6.01. The number of benzene rings is 2. The van der Waals surface area contributed by atoms with E-state index < -0.39 is 10.8 Å². The minimum absolute atomic E-state index is 0.241. The van der Waals surface area contributed by atoms with Crippen molar-refractivity contribution in [3.63, 3.8) is 0 Å². The quantitative estimate of drug-likeness (QED) is 0.941. The molecule has 2 rings (SSSR count). The van der Waals surface area contributed by atoms with Crippen LogP contribution in [0.3, 0.4) is 0 Å². The molecule has 1 atom stereocenters. The van der Waals surface area contributed by atoms with E-state index in [1.54, 1.807) is 30.3 Å². The van der Waals surface area contributed by atoms with Gasteiger partial charge in [-0.15, -0.1) is 0 Å². The molecule has 0 heterocycles. The van der Waals surface area contributed by atoms with Crippen molar-refractivity contribution in [2.45, 2.75) is 17.2 Å². The van der Waals surface area contributed by atoms with Gasteiger partial charge in [-0.1, -0.05) is 23.7 Å². The Morgan fingerprint density at radius 3 is 2.58 bits per heavy atom. The van der Waals surface area contributed by atoms with Crippen LogP contribution in [0.25, 0.3) is 0 Å². The first kappa shape index (κ1) is 14.2. The van der Waals surface area contributed by atoms with Crippen molar-refractivity contribution < 1.29 is 8.60 Å². The highest BCUT2D eigenvalue weighted by atomic mass is 35.5. The minimum Gasteiger partial charge on any atom is -0.326 e. The lowest BCUT2D eigenvalue weighted by molar-refractivity contribution is 0.623. The monoisotopic (exact) mass is 297 g/mol. The molecular weight excluding hydrogens is 285 g/mol. The van der Waals surface area contributed by atoms with E-state index in [4.69, 9.17) is 17.3 Å². The van der Waals surface area contributed by atoms with Gasteiger partial charge in [-0.05, 0) is 41.5 Å². The molecule has 0 aliphatic carbocycles. The molecule has 0 aliphatic heterocycles. The molecule has 0 saturated heterocycles. The molecule has 0 aromatic heterocycles. The summed E-state index contributed by atoms with van der Waals surface area (Å²) in [5.41, 5.74) is 6.85. The van der Waals surface area contributed by atoms with E-state index >= 15 is 0 Å². The molecule has 0 radical (unpaired) electrons. The summed E-state index contributed by atoms with van der Waals surface area (Å²) in [7, 11) is -1.26. The van der Waals surface area contributed by atoms with E-state index in [2.05, 4.69) is 0 Å². The Kier molecular flexibility index (Phi) is 4.69. The van der Waals surface area contributed by atoms with Gasteiger partial charge >= 0.3 is 0 Å². The zero-order valence-electron chi connectivity index (χ0n) is 10.1. The first-order chi connectivity index (χ1) is 9.08. The van der Waals surface area contributed by atoms with E-state index in [0.29, 0.717) is 21.0 Å². The highest BCUT2D eigenvalue weighted by molar-refractivity contribution is 7.84. The van der Waals surface area contributed by atoms with Crippen molar-refractivity contribution in [1.29, 1.82) is 0 Å².